The molecule has 3 atom stereocenters. The van der Waals surface area contributed by atoms with Crippen LogP contribution in [-0.2, 0) is 27.3 Å². The van der Waals surface area contributed by atoms with Crippen molar-refractivity contribution in [2.24, 2.45) is 0 Å². The van der Waals surface area contributed by atoms with Gasteiger partial charge in [0.2, 0.25) is 17.7 Å². The molecular weight excluding hydrogens is 618 g/mol. The van der Waals surface area contributed by atoms with E-state index in [0.29, 0.717) is 28.5 Å². The zero-order valence-electron chi connectivity index (χ0n) is 26.5. The third kappa shape index (κ3) is 8.33. The lowest BCUT2D eigenvalue weighted by Crippen LogP contribution is -2.56. The minimum Gasteiger partial charge on any atom is -0.496 e. The third-order valence-electron chi connectivity index (χ3n) is 7.62. The van der Waals surface area contributed by atoms with Crippen molar-refractivity contribution in [2.45, 2.75) is 38.0 Å². The molecule has 6 rings (SSSR count). The first-order valence-corrected chi connectivity index (χ1v) is 15.4. The number of aliphatic hydroxyl groups excluding tert-OH is 1. The summed E-state index contributed by atoms with van der Waals surface area (Å²) in [4.78, 5) is 57.9. The molecule has 2 aliphatic rings. The SMILES string of the molecule is COc1ccccc1C(=O)N[C@H]1Cc2ccc(cc2)OCCNC(=O)Cn2nc(-c3ccccc3)nc2[C@H](C)NC(=O)[C@H](CO)NC1=O. The Hall–Kier alpha value is -5.76. The highest BCUT2D eigenvalue weighted by Crippen LogP contribution is 2.20. The van der Waals surface area contributed by atoms with Crippen molar-refractivity contribution in [3.8, 4) is 22.9 Å². The zero-order chi connectivity index (χ0) is 34.0. The molecule has 3 aromatic carbocycles. The van der Waals surface area contributed by atoms with E-state index in [0.717, 1.165) is 0 Å². The molecule has 0 aliphatic carbocycles. The fraction of sp³-hybridized carbons (Fsp3) is 0.294. The molecule has 14 heteroatoms. The minimum atomic E-state index is -1.37. The molecule has 2 aliphatic heterocycles. The van der Waals surface area contributed by atoms with Crippen LogP contribution in [0.3, 0.4) is 0 Å². The quantitative estimate of drug-likeness (QED) is 0.210. The van der Waals surface area contributed by atoms with Gasteiger partial charge in [-0.1, -0.05) is 54.6 Å². The van der Waals surface area contributed by atoms with E-state index in [4.69, 9.17) is 9.47 Å². The van der Waals surface area contributed by atoms with Crippen LogP contribution < -0.4 is 30.7 Å². The van der Waals surface area contributed by atoms with Crippen LogP contribution in [0.2, 0.25) is 0 Å². The van der Waals surface area contributed by atoms with Gasteiger partial charge in [-0.15, -0.1) is 0 Å². The molecule has 0 fully saturated rings. The maximum absolute atomic E-state index is 13.7. The molecule has 0 spiro atoms. The summed E-state index contributed by atoms with van der Waals surface area (Å²) in [5.41, 5.74) is 1.62. The van der Waals surface area contributed by atoms with E-state index in [2.05, 4.69) is 31.3 Å². The van der Waals surface area contributed by atoms with E-state index >= 15 is 0 Å². The van der Waals surface area contributed by atoms with Crippen molar-refractivity contribution in [2.75, 3.05) is 26.9 Å². The van der Waals surface area contributed by atoms with Gasteiger partial charge in [-0.05, 0) is 36.8 Å². The van der Waals surface area contributed by atoms with E-state index in [1.165, 1.54) is 11.8 Å². The molecule has 0 saturated carbocycles. The van der Waals surface area contributed by atoms with Crippen LogP contribution in [0.1, 0.15) is 34.7 Å². The molecule has 0 saturated heterocycles. The molecule has 0 radical (unpaired) electrons. The van der Waals surface area contributed by atoms with Crippen LogP contribution in [0.4, 0.5) is 0 Å². The zero-order valence-corrected chi connectivity index (χ0v) is 26.5. The topological polar surface area (TPSA) is 186 Å². The molecule has 1 aromatic heterocycles. The average Bonchev–Trinajstić information content (AvgIpc) is 3.53. The second-order valence-electron chi connectivity index (χ2n) is 11.1. The summed E-state index contributed by atoms with van der Waals surface area (Å²) in [7, 11) is 1.44. The van der Waals surface area contributed by atoms with Gasteiger partial charge in [0.15, 0.2) is 5.82 Å². The van der Waals surface area contributed by atoms with Gasteiger partial charge in [-0.3, -0.25) is 19.2 Å². The van der Waals surface area contributed by atoms with Crippen molar-refractivity contribution in [3.05, 3.63) is 95.8 Å². The Morgan fingerprint density at radius 3 is 2.46 bits per heavy atom. The van der Waals surface area contributed by atoms with E-state index in [1.807, 2.05) is 30.3 Å². The van der Waals surface area contributed by atoms with Crippen molar-refractivity contribution in [1.29, 1.82) is 0 Å². The molecule has 250 valence electrons. The standard InChI is InChI=1S/C34H37N7O7/c1-21-31-39-30(23-8-4-3-5-9-23)40-41(31)19-29(43)35-16-17-48-24-14-12-22(13-15-24)18-26(33(45)38-27(20-42)34(46)36-21)37-32(44)25-10-6-7-11-28(25)47-2/h3-15,21,26-27,42H,16-20H2,1-2H3,(H,35,43)(H,36,46)(H,37,44)(H,38,45)/t21-,26-,27-/m0/s1. The van der Waals surface area contributed by atoms with Gasteiger partial charge in [0, 0.05) is 12.0 Å². The summed E-state index contributed by atoms with van der Waals surface area (Å²) in [6.45, 7) is 1.16. The lowest BCUT2D eigenvalue weighted by atomic mass is 10.0. The van der Waals surface area contributed by atoms with Crippen LogP contribution in [0, 0.1) is 0 Å². The molecule has 0 unspecified atom stereocenters. The van der Waals surface area contributed by atoms with Gasteiger partial charge in [0.1, 0.15) is 42.6 Å². The Morgan fingerprint density at radius 1 is 1.00 bits per heavy atom. The molecule has 4 amide bonds. The highest BCUT2D eigenvalue weighted by Gasteiger charge is 2.30. The Bertz CT molecular complexity index is 1740. The van der Waals surface area contributed by atoms with E-state index in [9.17, 15) is 24.3 Å². The van der Waals surface area contributed by atoms with Crippen molar-refractivity contribution in [3.63, 3.8) is 0 Å². The summed E-state index contributed by atoms with van der Waals surface area (Å²) >= 11 is 0. The molecule has 5 N–H and O–H groups in total. The number of para-hydroxylation sites is 1. The summed E-state index contributed by atoms with van der Waals surface area (Å²) in [6, 6.07) is 19.4. The number of benzene rings is 3. The largest absolute Gasteiger partial charge is 0.496 e. The highest BCUT2D eigenvalue weighted by molar-refractivity contribution is 6.00. The Balaban J connectivity index is 1.43. The highest BCUT2D eigenvalue weighted by atomic mass is 16.5. The van der Waals surface area contributed by atoms with Crippen LogP contribution in [0.5, 0.6) is 11.5 Å². The van der Waals surface area contributed by atoms with Crippen molar-refractivity contribution in [1.82, 2.24) is 36.0 Å². The molecule has 4 aromatic rings. The van der Waals surface area contributed by atoms with Gasteiger partial charge < -0.3 is 35.8 Å². The van der Waals surface area contributed by atoms with E-state index in [1.54, 1.807) is 55.5 Å². The number of nitrogens with zero attached hydrogens (tertiary/aromatic N) is 3. The van der Waals surface area contributed by atoms with Crippen molar-refractivity contribution < 1.29 is 33.8 Å². The van der Waals surface area contributed by atoms with Gasteiger partial charge in [-0.2, -0.15) is 5.10 Å². The minimum absolute atomic E-state index is 0.0601. The number of methoxy groups -OCH3 is 1. The second-order valence-corrected chi connectivity index (χ2v) is 11.1. The molecule has 3 heterocycles. The Labute approximate surface area is 276 Å². The molecule has 48 heavy (non-hydrogen) atoms. The smallest absolute Gasteiger partial charge is 0.255 e. The predicted octanol–water partition coefficient (Wildman–Crippen LogP) is 1.16. The number of aromatic nitrogens is 3. The number of nitrogens with one attached hydrogen (secondary N) is 4. The number of hydrogen-bond acceptors (Lipinski definition) is 9. The number of carbonyl (C=O) groups is 4. The number of aliphatic hydroxyl groups is 1. The fourth-order valence-electron chi connectivity index (χ4n) is 5.13. The summed E-state index contributed by atoms with van der Waals surface area (Å²) < 4.78 is 12.5. The van der Waals surface area contributed by atoms with E-state index in [-0.39, 0.29) is 43.4 Å². The number of amides is 4. The van der Waals surface area contributed by atoms with Crippen LogP contribution in [-0.4, -0.2) is 82.5 Å². The molecule has 2 bridgehead atoms. The van der Waals surface area contributed by atoms with Crippen LogP contribution >= 0.6 is 0 Å². The maximum Gasteiger partial charge on any atom is 0.255 e. The van der Waals surface area contributed by atoms with Gasteiger partial charge >= 0.3 is 0 Å². The van der Waals surface area contributed by atoms with Gasteiger partial charge in [0.05, 0.1) is 31.9 Å². The van der Waals surface area contributed by atoms with Gasteiger partial charge in [0.25, 0.3) is 5.91 Å². The number of fused-ring (bicyclic) bond motifs is 14. The lowest BCUT2D eigenvalue weighted by Gasteiger charge is -2.24. The first kappa shape index (κ1) is 33.6. The molecular formula is C34H37N7O7. The first-order chi connectivity index (χ1) is 23.2. The molecule has 14 nitrogen and oxygen atoms in total. The summed E-state index contributed by atoms with van der Waals surface area (Å²) in [5, 5.41) is 25.6. The normalized spacial score (nSPS) is 19.1. The Morgan fingerprint density at radius 2 is 1.73 bits per heavy atom. The fourth-order valence-corrected chi connectivity index (χ4v) is 5.13. The maximum atomic E-state index is 13.7. The van der Waals surface area contributed by atoms with Crippen molar-refractivity contribution >= 4 is 23.6 Å². The Kier molecular flexibility index (Phi) is 11.0. The van der Waals surface area contributed by atoms with E-state index < -0.39 is 42.5 Å². The third-order valence-corrected chi connectivity index (χ3v) is 7.62. The number of hydrogen-bond donors (Lipinski definition) is 5. The first-order valence-electron chi connectivity index (χ1n) is 15.4. The number of ether oxygens (including phenoxy) is 2. The predicted molar refractivity (Wildman–Crippen MR) is 174 cm³/mol. The number of rotatable bonds is 5. The van der Waals surface area contributed by atoms with Crippen LogP contribution in [0.15, 0.2) is 78.9 Å². The second kappa shape index (κ2) is 15.7. The number of carbonyl (C=O) groups excluding carboxylic acids is 4. The average molecular weight is 656 g/mol. The summed E-state index contributed by atoms with van der Waals surface area (Å²) in [5.74, 6) is -0.795. The van der Waals surface area contributed by atoms with Crippen LogP contribution in [0.25, 0.3) is 11.4 Å². The van der Waals surface area contributed by atoms with Gasteiger partial charge in [-0.25, -0.2) is 9.67 Å². The monoisotopic (exact) mass is 655 g/mol. The lowest BCUT2D eigenvalue weighted by molar-refractivity contribution is -0.131. The summed E-state index contributed by atoms with van der Waals surface area (Å²) in [6.07, 6.45) is 0.0601.